The van der Waals surface area contributed by atoms with Crippen LogP contribution in [0.4, 0.5) is 5.69 Å². The summed E-state index contributed by atoms with van der Waals surface area (Å²) in [6, 6.07) is 10.2. The van der Waals surface area contributed by atoms with Gasteiger partial charge < -0.3 is 20.5 Å². The molecule has 0 bridgehead atoms. The summed E-state index contributed by atoms with van der Waals surface area (Å²) in [5.41, 5.74) is 7.82. The van der Waals surface area contributed by atoms with Crippen LogP contribution >= 0.6 is 0 Å². The molecule has 0 spiro atoms. The highest BCUT2D eigenvalue weighted by Gasteiger charge is 2.14. The number of amides is 1. The maximum atomic E-state index is 12.2. The van der Waals surface area contributed by atoms with Crippen molar-refractivity contribution in [2.45, 2.75) is 13.5 Å². The molecule has 2 aromatic carbocycles. The number of ketones is 1. The minimum atomic E-state index is -0.260. The third-order valence-electron chi connectivity index (χ3n) is 3.58. The summed E-state index contributed by atoms with van der Waals surface area (Å²) in [5.74, 6) is 0.985. The molecule has 0 saturated carbocycles. The van der Waals surface area contributed by atoms with E-state index in [1.165, 1.54) is 13.0 Å². The fraction of sp³-hybridized carbons (Fsp3) is 0.176. The van der Waals surface area contributed by atoms with Gasteiger partial charge in [0.15, 0.2) is 17.3 Å². The largest absolute Gasteiger partial charge is 0.454 e. The van der Waals surface area contributed by atoms with Crippen molar-refractivity contribution >= 4 is 17.4 Å². The molecule has 23 heavy (non-hydrogen) atoms. The minimum Gasteiger partial charge on any atom is -0.454 e. The molecule has 1 heterocycles. The van der Waals surface area contributed by atoms with E-state index in [9.17, 15) is 9.59 Å². The van der Waals surface area contributed by atoms with Crippen LogP contribution in [-0.2, 0) is 6.54 Å². The van der Waals surface area contributed by atoms with Gasteiger partial charge in [-0.1, -0.05) is 6.07 Å². The van der Waals surface area contributed by atoms with E-state index in [4.69, 9.17) is 15.2 Å². The smallest absolute Gasteiger partial charge is 0.251 e. The average molecular weight is 312 g/mol. The van der Waals surface area contributed by atoms with E-state index in [1.54, 1.807) is 12.1 Å². The van der Waals surface area contributed by atoms with Crippen molar-refractivity contribution < 1.29 is 19.1 Å². The van der Waals surface area contributed by atoms with E-state index >= 15 is 0 Å². The van der Waals surface area contributed by atoms with Crippen LogP contribution in [0.3, 0.4) is 0 Å². The minimum absolute atomic E-state index is 0.130. The standard InChI is InChI=1S/C17H16N2O4/c1-10(20)13-4-3-12(7-14(13)18)17(21)19-8-11-2-5-15-16(6-11)23-9-22-15/h2-7H,8-9,18H2,1H3,(H,19,21). The number of hydrogen-bond acceptors (Lipinski definition) is 5. The molecule has 6 nitrogen and oxygen atoms in total. The normalized spacial score (nSPS) is 12.0. The van der Waals surface area contributed by atoms with Crippen LogP contribution in [0.25, 0.3) is 0 Å². The quantitative estimate of drug-likeness (QED) is 0.666. The van der Waals surface area contributed by atoms with Crippen molar-refractivity contribution in [1.82, 2.24) is 5.32 Å². The maximum Gasteiger partial charge on any atom is 0.251 e. The van der Waals surface area contributed by atoms with Crippen LogP contribution in [0.5, 0.6) is 11.5 Å². The van der Waals surface area contributed by atoms with Crippen molar-refractivity contribution in [3.05, 3.63) is 53.1 Å². The lowest BCUT2D eigenvalue weighted by Gasteiger charge is -2.08. The summed E-state index contributed by atoms with van der Waals surface area (Å²) in [6.45, 7) is 2.00. The van der Waals surface area contributed by atoms with E-state index in [1.807, 2.05) is 18.2 Å². The summed E-state index contributed by atoms with van der Waals surface area (Å²) in [5, 5.41) is 2.81. The third kappa shape index (κ3) is 3.11. The first-order valence-electron chi connectivity index (χ1n) is 7.12. The van der Waals surface area contributed by atoms with Gasteiger partial charge in [-0.25, -0.2) is 0 Å². The molecule has 1 aliphatic rings. The molecule has 6 heteroatoms. The van der Waals surface area contributed by atoms with Crippen LogP contribution in [0.1, 0.15) is 33.2 Å². The number of fused-ring (bicyclic) bond motifs is 1. The molecule has 0 aliphatic carbocycles. The lowest BCUT2D eigenvalue weighted by Crippen LogP contribution is -2.23. The Bertz CT molecular complexity index is 786. The van der Waals surface area contributed by atoms with Gasteiger partial charge in [0.2, 0.25) is 6.79 Å². The molecular weight excluding hydrogens is 296 g/mol. The number of nitrogens with one attached hydrogen (secondary N) is 1. The lowest BCUT2D eigenvalue weighted by atomic mass is 10.1. The van der Waals surface area contributed by atoms with Gasteiger partial charge in [0.05, 0.1) is 0 Å². The second-order valence-corrected chi connectivity index (χ2v) is 5.23. The maximum absolute atomic E-state index is 12.2. The van der Waals surface area contributed by atoms with Gasteiger partial charge in [-0.2, -0.15) is 0 Å². The predicted molar refractivity (Wildman–Crippen MR) is 84.6 cm³/mol. The topological polar surface area (TPSA) is 90.7 Å². The molecule has 3 N–H and O–H groups in total. The molecular formula is C17H16N2O4. The van der Waals surface area contributed by atoms with Gasteiger partial charge in [0.1, 0.15) is 0 Å². The first-order valence-corrected chi connectivity index (χ1v) is 7.12. The average Bonchev–Trinajstić information content (AvgIpc) is 2.99. The monoisotopic (exact) mass is 312 g/mol. The number of carbonyl (C=O) groups is 2. The van der Waals surface area contributed by atoms with Crippen LogP contribution in [0.2, 0.25) is 0 Å². The third-order valence-corrected chi connectivity index (χ3v) is 3.58. The molecule has 0 atom stereocenters. The Hall–Kier alpha value is -3.02. The molecule has 0 unspecified atom stereocenters. The molecule has 1 aliphatic heterocycles. The summed E-state index contributed by atoms with van der Waals surface area (Å²) >= 11 is 0. The second kappa shape index (κ2) is 6.00. The van der Waals surface area contributed by atoms with E-state index < -0.39 is 0 Å². The fourth-order valence-electron chi connectivity index (χ4n) is 2.36. The van der Waals surface area contributed by atoms with Crippen molar-refractivity contribution in [3.8, 4) is 11.5 Å². The summed E-state index contributed by atoms with van der Waals surface area (Å²) in [7, 11) is 0. The molecule has 0 aromatic heterocycles. The molecule has 2 aromatic rings. The van der Waals surface area contributed by atoms with Crippen LogP contribution < -0.4 is 20.5 Å². The highest BCUT2D eigenvalue weighted by atomic mass is 16.7. The van der Waals surface area contributed by atoms with Crippen molar-refractivity contribution in [2.75, 3.05) is 12.5 Å². The number of nitrogen functional groups attached to an aromatic ring is 1. The lowest BCUT2D eigenvalue weighted by molar-refractivity contribution is 0.0949. The first kappa shape index (κ1) is 14.9. The summed E-state index contributed by atoms with van der Waals surface area (Å²) in [4.78, 5) is 23.5. The van der Waals surface area contributed by atoms with E-state index in [2.05, 4.69) is 5.32 Å². The Morgan fingerprint density at radius 3 is 2.65 bits per heavy atom. The van der Waals surface area contributed by atoms with Crippen molar-refractivity contribution in [3.63, 3.8) is 0 Å². The Labute approximate surface area is 133 Å². The van der Waals surface area contributed by atoms with E-state index in [0.29, 0.717) is 34.9 Å². The predicted octanol–water partition coefficient (Wildman–Crippen LogP) is 2.13. The van der Waals surface area contributed by atoms with Gasteiger partial charge >= 0.3 is 0 Å². The number of nitrogens with two attached hydrogens (primary N) is 1. The zero-order valence-corrected chi connectivity index (χ0v) is 12.6. The van der Waals surface area contributed by atoms with Gasteiger partial charge in [0, 0.05) is 23.4 Å². The summed E-state index contributed by atoms with van der Waals surface area (Å²) in [6.07, 6.45) is 0. The molecule has 1 amide bonds. The molecule has 0 radical (unpaired) electrons. The SMILES string of the molecule is CC(=O)c1ccc(C(=O)NCc2ccc3c(c2)OCO3)cc1N. The Balaban J connectivity index is 1.67. The number of Topliss-reactive ketones (excluding diaryl/α,β-unsaturated/α-hetero) is 1. The van der Waals surface area contributed by atoms with Crippen LogP contribution in [0.15, 0.2) is 36.4 Å². The highest BCUT2D eigenvalue weighted by Crippen LogP contribution is 2.32. The van der Waals surface area contributed by atoms with Crippen LogP contribution in [0, 0.1) is 0 Å². The molecule has 3 rings (SSSR count). The number of benzene rings is 2. The fourth-order valence-corrected chi connectivity index (χ4v) is 2.36. The first-order chi connectivity index (χ1) is 11.0. The van der Waals surface area contributed by atoms with Crippen LogP contribution in [-0.4, -0.2) is 18.5 Å². The Morgan fingerprint density at radius 2 is 1.91 bits per heavy atom. The van der Waals surface area contributed by atoms with Gasteiger partial charge in [-0.15, -0.1) is 0 Å². The van der Waals surface area contributed by atoms with Gasteiger partial charge in [-0.3, -0.25) is 9.59 Å². The second-order valence-electron chi connectivity index (χ2n) is 5.23. The molecule has 118 valence electrons. The number of carbonyl (C=O) groups excluding carboxylic acids is 2. The van der Waals surface area contributed by atoms with Crippen molar-refractivity contribution in [1.29, 1.82) is 0 Å². The van der Waals surface area contributed by atoms with Gasteiger partial charge in [0.25, 0.3) is 5.91 Å². The summed E-state index contributed by atoms with van der Waals surface area (Å²) < 4.78 is 10.5. The zero-order chi connectivity index (χ0) is 16.4. The Kier molecular flexibility index (Phi) is 3.89. The molecule has 0 saturated heterocycles. The number of rotatable bonds is 4. The number of hydrogen-bond donors (Lipinski definition) is 2. The van der Waals surface area contributed by atoms with Gasteiger partial charge in [-0.05, 0) is 42.8 Å². The zero-order valence-electron chi connectivity index (χ0n) is 12.6. The Morgan fingerprint density at radius 1 is 1.13 bits per heavy atom. The van der Waals surface area contributed by atoms with E-state index in [0.717, 1.165) is 5.56 Å². The van der Waals surface area contributed by atoms with E-state index in [-0.39, 0.29) is 18.5 Å². The number of anilines is 1. The highest BCUT2D eigenvalue weighted by molar-refractivity contribution is 6.02. The van der Waals surface area contributed by atoms with Crippen molar-refractivity contribution in [2.24, 2.45) is 0 Å². The molecule has 0 fully saturated rings. The number of ether oxygens (including phenoxy) is 2.